The summed E-state index contributed by atoms with van der Waals surface area (Å²) >= 11 is 6.28. The zero-order valence-electron chi connectivity index (χ0n) is 12.2. The van der Waals surface area contributed by atoms with Gasteiger partial charge >= 0.3 is 0 Å². The van der Waals surface area contributed by atoms with Crippen molar-refractivity contribution in [3.63, 3.8) is 0 Å². The lowest BCUT2D eigenvalue weighted by Gasteiger charge is -2.38. The van der Waals surface area contributed by atoms with Crippen LogP contribution in [0.5, 0.6) is 0 Å². The Morgan fingerprint density at radius 3 is 2.75 bits per heavy atom. The second-order valence-corrected chi connectivity index (χ2v) is 6.61. The monoisotopic (exact) mass is 293 g/mol. The molecular weight excluding hydrogens is 270 g/mol. The second-order valence-electron chi connectivity index (χ2n) is 6.20. The van der Waals surface area contributed by atoms with Crippen molar-refractivity contribution in [1.29, 1.82) is 0 Å². The summed E-state index contributed by atoms with van der Waals surface area (Å²) in [5.74, 6) is 0. The highest BCUT2D eigenvalue weighted by molar-refractivity contribution is 6.31. The van der Waals surface area contributed by atoms with Crippen LogP contribution in [0.3, 0.4) is 0 Å². The van der Waals surface area contributed by atoms with Crippen molar-refractivity contribution in [1.82, 2.24) is 15.2 Å². The standard InChI is InChI=1S/C16H24ClN3/c1-2-7-20(11-12-5-6-18-10-16(12)17)15-8-13-3-4-14(9-15)19-13/h5-6,10,13-15,19H,2-4,7-9,11H2,1H3. The van der Waals surface area contributed by atoms with Gasteiger partial charge in [0.1, 0.15) is 0 Å². The third kappa shape index (κ3) is 3.16. The van der Waals surface area contributed by atoms with Crippen LogP contribution in [0.15, 0.2) is 18.5 Å². The topological polar surface area (TPSA) is 28.2 Å². The Balaban J connectivity index is 1.70. The number of hydrogen-bond acceptors (Lipinski definition) is 3. The molecule has 20 heavy (non-hydrogen) atoms. The molecular formula is C16H24ClN3. The molecule has 2 aliphatic rings. The maximum absolute atomic E-state index is 6.28. The van der Waals surface area contributed by atoms with E-state index >= 15 is 0 Å². The Hall–Kier alpha value is -0.640. The van der Waals surface area contributed by atoms with E-state index in [1.807, 2.05) is 6.20 Å². The number of hydrogen-bond donors (Lipinski definition) is 1. The number of aromatic nitrogens is 1. The van der Waals surface area contributed by atoms with Crippen LogP contribution in [-0.2, 0) is 6.54 Å². The van der Waals surface area contributed by atoms with Crippen molar-refractivity contribution in [3.05, 3.63) is 29.0 Å². The summed E-state index contributed by atoms with van der Waals surface area (Å²) in [7, 11) is 0. The van der Waals surface area contributed by atoms with Crippen molar-refractivity contribution < 1.29 is 0 Å². The minimum absolute atomic E-state index is 0.706. The molecule has 2 aliphatic heterocycles. The van der Waals surface area contributed by atoms with E-state index in [4.69, 9.17) is 11.6 Å². The van der Waals surface area contributed by atoms with Gasteiger partial charge in [-0.25, -0.2) is 0 Å². The van der Waals surface area contributed by atoms with Crippen LogP contribution in [0.25, 0.3) is 0 Å². The molecule has 0 radical (unpaired) electrons. The van der Waals surface area contributed by atoms with Crippen LogP contribution in [-0.4, -0.2) is 34.6 Å². The summed E-state index contributed by atoms with van der Waals surface area (Å²) < 4.78 is 0. The third-order valence-corrected chi connectivity index (χ3v) is 5.05. The third-order valence-electron chi connectivity index (χ3n) is 4.71. The lowest BCUT2D eigenvalue weighted by atomic mass is 9.97. The fraction of sp³-hybridized carbons (Fsp3) is 0.688. The number of nitrogens with zero attached hydrogens (tertiary/aromatic N) is 2. The van der Waals surface area contributed by atoms with Crippen molar-refractivity contribution >= 4 is 11.6 Å². The molecule has 1 aromatic heterocycles. The average molecular weight is 294 g/mol. The number of rotatable bonds is 5. The minimum atomic E-state index is 0.706. The highest BCUT2D eigenvalue weighted by Crippen LogP contribution is 2.31. The summed E-state index contributed by atoms with van der Waals surface area (Å²) in [4.78, 5) is 6.72. The van der Waals surface area contributed by atoms with E-state index in [-0.39, 0.29) is 0 Å². The van der Waals surface area contributed by atoms with E-state index in [0.717, 1.165) is 30.2 Å². The molecule has 2 fully saturated rings. The zero-order chi connectivity index (χ0) is 13.9. The van der Waals surface area contributed by atoms with Gasteiger partial charge in [0, 0.05) is 37.1 Å². The Morgan fingerprint density at radius 2 is 2.10 bits per heavy atom. The van der Waals surface area contributed by atoms with Gasteiger partial charge in [0.05, 0.1) is 5.02 Å². The Kier molecular flexibility index (Phi) is 4.59. The van der Waals surface area contributed by atoms with E-state index in [1.165, 1.54) is 37.7 Å². The molecule has 0 saturated carbocycles. The van der Waals surface area contributed by atoms with Gasteiger partial charge in [0.15, 0.2) is 0 Å². The molecule has 1 aromatic rings. The second kappa shape index (κ2) is 6.42. The predicted molar refractivity (Wildman–Crippen MR) is 82.9 cm³/mol. The summed E-state index contributed by atoms with van der Waals surface area (Å²) in [6.45, 7) is 4.37. The van der Waals surface area contributed by atoms with Crippen LogP contribution in [0.1, 0.15) is 44.6 Å². The van der Waals surface area contributed by atoms with Crippen LogP contribution in [0.2, 0.25) is 5.02 Å². The van der Waals surface area contributed by atoms with Crippen LogP contribution < -0.4 is 5.32 Å². The summed E-state index contributed by atoms with van der Waals surface area (Å²) in [6, 6.07) is 4.25. The summed E-state index contributed by atoms with van der Waals surface area (Å²) in [6.07, 6.45) is 10.1. The first-order chi connectivity index (χ1) is 9.76. The number of halogens is 1. The molecule has 2 saturated heterocycles. The number of nitrogens with one attached hydrogen (secondary N) is 1. The molecule has 0 amide bonds. The van der Waals surface area contributed by atoms with E-state index < -0.39 is 0 Å². The lowest BCUT2D eigenvalue weighted by molar-refractivity contribution is 0.134. The van der Waals surface area contributed by atoms with Gasteiger partial charge in [0.25, 0.3) is 0 Å². The summed E-state index contributed by atoms with van der Waals surface area (Å²) in [5, 5.41) is 4.53. The first-order valence-electron chi connectivity index (χ1n) is 7.84. The Morgan fingerprint density at radius 1 is 1.35 bits per heavy atom. The van der Waals surface area contributed by atoms with Crippen molar-refractivity contribution in [2.24, 2.45) is 0 Å². The molecule has 4 heteroatoms. The molecule has 3 nitrogen and oxygen atoms in total. The van der Waals surface area contributed by atoms with E-state index in [0.29, 0.717) is 6.04 Å². The molecule has 3 heterocycles. The largest absolute Gasteiger partial charge is 0.311 e. The van der Waals surface area contributed by atoms with Crippen LogP contribution >= 0.6 is 11.6 Å². The SMILES string of the molecule is CCCN(Cc1ccncc1Cl)C1CC2CCC(C1)N2. The maximum Gasteiger partial charge on any atom is 0.0634 e. The Bertz CT molecular complexity index is 439. The van der Waals surface area contributed by atoms with Gasteiger partial charge in [-0.1, -0.05) is 18.5 Å². The first kappa shape index (κ1) is 14.3. The van der Waals surface area contributed by atoms with Gasteiger partial charge in [-0.05, 0) is 50.3 Å². The van der Waals surface area contributed by atoms with Crippen LogP contribution in [0, 0.1) is 0 Å². The molecule has 3 rings (SSSR count). The average Bonchev–Trinajstić information content (AvgIpc) is 2.79. The van der Waals surface area contributed by atoms with E-state index in [1.54, 1.807) is 6.20 Å². The molecule has 2 bridgehead atoms. The smallest absolute Gasteiger partial charge is 0.0634 e. The molecule has 110 valence electrons. The van der Waals surface area contributed by atoms with Crippen molar-refractivity contribution in [3.8, 4) is 0 Å². The lowest BCUT2D eigenvalue weighted by Crippen LogP contribution is -2.48. The minimum Gasteiger partial charge on any atom is -0.311 e. The van der Waals surface area contributed by atoms with Gasteiger partial charge in [-0.3, -0.25) is 9.88 Å². The fourth-order valence-corrected chi connectivity index (χ4v) is 3.93. The highest BCUT2D eigenvalue weighted by atomic mass is 35.5. The number of fused-ring (bicyclic) bond motifs is 2. The molecule has 0 aliphatic carbocycles. The normalized spacial score (nSPS) is 29.1. The number of pyridine rings is 1. The Labute approximate surface area is 126 Å². The van der Waals surface area contributed by atoms with Crippen LogP contribution in [0.4, 0.5) is 0 Å². The number of piperidine rings is 1. The van der Waals surface area contributed by atoms with Gasteiger partial charge in [-0.2, -0.15) is 0 Å². The molecule has 0 aromatic carbocycles. The maximum atomic E-state index is 6.28. The molecule has 0 spiro atoms. The van der Waals surface area contributed by atoms with Gasteiger partial charge in [0.2, 0.25) is 0 Å². The highest BCUT2D eigenvalue weighted by Gasteiger charge is 2.35. The van der Waals surface area contributed by atoms with Crippen molar-refractivity contribution in [2.75, 3.05) is 6.54 Å². The molecule has 2 atom stereocenters. The quantitative estimate of drug-likeness (QED) is 0.903. The van der Waals surface area contributed by atoms with Gasteiger partial charge in [-0.15, -0.1) is 0 Å². The molecule has 1 N–H and O–H groups in total. The molecule has 2 unspecified atom stereocenters. The first-order valence-corrected chi connectivity index (χ1v) is 8.22. The predicted octanol–water partition coefficient (Wildman–Crippen LogP) is 3.23. The van der Waals surface area contributed by atoms with E-state index in [2.05, 4.69) is 28.2 Å². The zero-order valence-corrected chi connectivity index (χ0v) is 12.9. The van der Waals surface area contributed by atoms with E-state index in [9.17, 15) is 0 Å². The summed E-state index contributed by atoms with van der Waals surface area (Å²) in [5.41, 5.74) is 1.21. The fourth-order valence-electron chi connectivity index (χ4n) is 3.75. The van der Waals surface area contributed by atoms with Gasteiger partial charge < -0.3 is 5.32 Å². The van der Waals surface area contributed by atoms with Crippen molar-refractivity contribution in [2.45, 2.75) is 63.7 Å².